The fraction of sp³-hybridized carbons (Fsp3) is 0.500. The Morgan fingerprint density at radius 3 is 2.75 bits per heavy atom. The molecular weight excluding hydrogens is 254 g/mol. The smallest absolute Gasteiger partial charge is 0.231 e. The number of hydrogen-bond acceptors (Lipinski definition) is 4. The molecule has 4 nitrogen and oxygen atoms in total. The average Bonchev–Trinajstić information content (AvgIpc) is 2.91. The van der Waals surface area contributed by atoms with Crippen molar-refractivity contribution in [3.05, 3.63) is 35.1 Å². The molecule has 110 valence electrons. The van der Waals surface area contributed by atoms with Crippen molar-refractivity contribution in [1.29, 1.82) is 0 Å². The lowest BCUT2D eigenvalue weighted by Crippen LogP contribution is -2.23. The van der Waals surface area contributed by atoms with E-state index in [0.29, 0.717) is 6.79 Å². The van der Waals surface area contributed by atoms with E-state index < -0.39 is 0 Å². The summed E-state index contributed by atoms with van der Waals surface area (Å²) >= 11 is 0. The van der Waals surface area contributed by atoms with Crippen LogP contribution >= 0.6 is 0 Å². The zero-order chi connectivity index (χ0) is 14.5. The quantitative estimate of drug-likeness (QED) is 0.748. The number of ether oxygens (including phenoxy) is 3. The van der Waals surface area contributed by atoms with Gasteiger partial charge in [0.1, 0.15) is 0 Å². The summed E-state index contributed by atoms with van der Waals surface area (Å²) in [5.41, 5.74) is 2.53. The molecule has 0 fully saturated rings. The van der Waals surface area contributed by atoms with E-state index in [1.165, 1.54) is 11.1 Å². The second-order valence-corrected chi connectivity index (χ2v) is 5.22. The summed E-state index contributed by atoms with van der Waals surface area (Å²) in [5, 5.41) is 0. The lowest BCUT2D eigenvalue weighted by atomic mass is 10.1. The predicted octanol–water partition coefficient (Wildman–Crippen LogP) is 2.83. The Hall–Kier alpha value is -1.68. The van der Waals surface area contributed by atoms with Crippen LogP contribution in [-0.4, -0.2) is 38.9 Å². The molecule has 0 spiro atoms. The minimum atomic E-state index is 0.332. The predicted molar refractivity (Wildman–Crippen MR) is 79.1 cm³/mol. The van der Waals surface area contributed by atoms with Crippen molar-refractivity contribution in [1.82, 2.24) is 4.90 Å². The Morgan fingerprint density at radius 1 is 1.25 bits per heavy atom. The van der Waals surface area contributed by atoms with E-state index in [-0.39, 0.29) is 0 Å². The third-order valence-electron chi connectivity index (χ3n) is 3.63. The van der Waals surface area contributed by atoms with Crippen LogP contribution in [0.1, 0.15) is 19.4 Å². The maximum Gasteiger partial charge on any atom is 0.231 e. The molecule has 1 heterocycles. The van der Waals surface area contributed by atoms with E-state index >= 15 is 0 Å². The zero-order valence-electron chi connectivity index (χ0n) is 12.7. The number of rotatable bonds is 6. The summed E-state index contributed by atoms with van der Waals surface area (Å²) in [4.78, 5) is 2.29. The molecule has 0 unspecified atom stereocenters. The lowest BCUT2D eigenvalue weighted by molar-refractivity contribution is 0.174. The summed E-state index contributed by atoms with van der Waals surface area (Å²) in [7, 11) is 3.84. The van der Waals surface area contributed by atoms with Gasteiger partial charge in [0.25, 0.3) is 0 Å². The van der Waals surface area contributed by atoms with Crippen molar-refractivity contribution >= 4 is 0 Å². The highest BCUT2D eigenvalue weighted by molar-refractivity contribution is 5.44. The van der Waals surface area contributed by atoms with Gasteiger partial charge in [-0.25, -0.2) is 0 Å². The highest BCUT2D eigenvalue weighted by Crippen LogP contribution is 2.32. The van der Waals surface area contributed by atoms with E-state index in [2.05, 4.69) is 31.0 Å². The van der Waals surface area contributed by atoms with Crippen LogP contribution in [0.25, 0.3) is 0 Å². The van der Waals surface area contributed by atoms with Crippen molar-refractivity contribution < 1.29 is 14.2 Å². The summed E-state index contributed by atoms with van der Waals surface area (Å²) < 4.78 is 16.0. The molecule has 0 saturated heterocycles. The molecule has 1 aliphatic rings. The van der Waals surface area contributed by atoms with E-state index in [4.69, 9.17) is 14.2 Å². The van der Waals surface area contributed by atoms with Gasteiger partial charge in [0.15, 0.2) is 11.5 Å². The van der Waals surface area contributed by atoms with Gasteiger partial charge in [0, 0.05) is 13.1 Å². The molecule has 0 atom stereocenters. The third kappa shape index (κ3) is 3.67. The van der Waals surface area contributed by atoms with Gasteiger partial charge in [-0.2, -0.15) is 0 Å². The summed E-state index contributed by atoms with van der Waals surface area (Å²) in [5.74, 6) is 2.70. The Labute approximate surface area is 120 Å². The molecule has 20 heavy (non-hydrogen) atoms. The summed E-state index contributed by atoms with van der Waals surface area (Å²) in [6.07, 6.45) is 0.993. The molecule has 1 aliphatic heterocycles. The Balaban J connectivity index is 1.86. The second kappa shape index (κ2) is 6.66. The topological polar surface area (TPSA) is 30.9 Å². The van der Waals surface area contributed by atoms with Gasteiger partial charge in [-0.1, -0.05) is 6.07 Å². The number of likely N-dealkylation sites (N-methyl/N-ethyl adjacent to an activating group) is 1. The molecule has 0 amide bonds. The van der Waals surface area contributed by atoms with Crippen LogP contribution in [0.15, 0.2) is 29.5 Å². The molecule has 0 bridgehead atoms. The van der Waals surface area contributed by atoms with Crippen LogP contribution in [0.5, 0.6) is 11.5 Å². The minimum absolute atomic E-state index is 0.332. The molecule has 0 aromatic heterocycles. The van der Waals surface area contributed by atoms with Crippen molar-refractivity contribution in [2.24, 2.45) is 0 Å². The van der Waals surface area contributed by atoms with Crippen molar-refractivity contribution in [2.45, 2.75) is 20.3 Å². The number of hydrogen-bond donors (Lipinski definition) is 0. The highest BCUT2D eigenvalue weighted by Gasteiger charge is 2.13. The van der Waals surface area contributed by atoms with Gasteiger partial charge in [0.2, 0.25) is 6.79 Å². The van der Waals surface area contributed by atoms with Crippen molar-refractivity contribution in [3.63, 3.8) is 0 Å². The van der Waals surface area contributed by atoms with Crippen LogP contribution in [0.2, 0.25) is 0 Å². The zero-order valence-corrected chi connectivity index (χ0v) is 12.7. The number of fused-ring (bicyclic) bond motifs is 1. The summed E-state index contributed by atoms with van der Waals surface area (Å²) in [6.45, 7) is 6.36. The van der Waals surface area contributed by atoms with Crippen molar-refractivity contribution in [3.8, 4) is 11.5 Å². The van der Waals surface area contributed by atoms with Gasteiger partial charge in [-0.15, -0.1) is 0 Å². The Kier molecular flexibility index (Phi) is 4.90. The molecule has 0 saturated carbocycles. The number of allylic oxidation sites excluding steroid dienone is 1. The molecule has 1 aromatic rings. The standard InChI is InChI=1S/C16H23NO3/c1-12(13(2)18-4)10-17(3)8-7-14-5-6-15-16(9-14)20-11-19-15/h5-6,9H,7-8,10-11H2,1-4H3/b13-12+. The van der Waals surface area contributed by atoms with Gasteiger partial charge in [-0.3, -0.25) is 0 Å². The molecule has 0 N–H and O–H groups in total. The fourth-order valence-corrected chi connectivity index (χ4v) is 2.19. The number of nitrogens with zero attached hydrogens (tertiary/aromatic N) is 1. The molecule has 2 rings (SSSR count). The van der Waals surface area contributed by atoms with Crippen LogP contribution < -0.4 is 9.47 Å². The minimum Gasteiger partial charge on any atom is -0.501 e. The molecule has 1 aromatic carbocycles. The van der Waals surface area contributed by atoms with Gasteiger partial charge >= 0.3 is 0 Å². The first-order chi connectivity index (χ1) is 9.60. The van der Waals surface area contributed by atoms with Crippen LogP contribution in [-0.2, 0) is 11.2 Å². The maximum atomic E-state index is 5.40. The highest BCUT2D eigenvalue weighted by atomic mass is 16.7. The summed E-state index contributed by atoms with van der Waals surface area (Å²) in [6, 6.07) is 6.15. The maximum absolute atomic E-state index is 5.40. The number of benzene rings is 1. The van der Waals surface area contributed by atoms with Gasteiger partial charge in [-0.05, 0) is 50.6 Å². The Bertz CT molecular complexity index is 496. The van der Waals surface area contributed by atoms with E-state index in [0.717, 1.165) is 36.8 Å². The molecule has 0 radical (unpaired) electrons. The molecule has 0 aliphatic carbocycles. The SMILES string of the molecule is CO/C(C)=C(\C)CN(C)CCc1ccc2c(c1)OCO2. The average molecular weight is 277 g/mol. The van der Waals surface area contributed by atoms with Crippen LogP contribution in [0, 0.1) is 0 Å². The first kappa shape index (κ1) is 14.7. The lowest BCUT2D eigenvalue weighted by Gasteiger charge is -2.18. The van der Waals surface area contributed by atoms with E-state index in [9.17, 15) is 0 Å². The molecular formula is C16H23NO3. The fourth-order valence-electron chi connectivity index (χ4n) is 2.19. The Morgan fingerprint density at radius 2 is 2.00 bits per heavy atom. The van der Waals surface area contributed by atoms with E-state index in [1.807, 2.05) is 13.0 Å². The largest absolute Gasteiger partial charge is 0.501 e. The van der Waals surface area contributed by atoms with Crippen LogP contribution in [0.3, 0.4) is 0 Å². The first-order valence-electron chi connectivity index (χ1n) is 6.87. The van der Waals surface area contributed by atoms with Crippen molar-refractivity contribution in [2.75, 3.05) is 34.0 Å². The molecule has 4 heteroatoms. The first-order valence-corrected chi connectivity index (χ1v) is 6.87. The second-order valence-electron chi connectivity index (χ2n) is 5.22. The van der Waals surface area contributed by atoms with Gasteiger partial charge < -0.3 is 19.1 Å². The monoisotopic (exact) mass is 277 g/mol. The van der Waals surface area contributed by atoms with E-state index in [1.54, 1.807) is 7.11 Å². The van der Waals surface area contributed by atoms with Gasteiger partial charge in [0.05, 0.1) is 12.9 Å². The third-order valence-corrected chi connectivity index (χ3v) is 3.63. The number of methoxy groups -OCH3 is 1. The van der Waals surface area contributed by atoms with Crippen LogP contribution in [0.4, 0.5) is 0 Å². The normalized spacial score (nSPS) is 14.4.